The largest absolute Gasteiger partial charge is 0.481 e. The molecule has 0 bridgehead atoms. The smallest absolute Gasteiger partial charge is 0.303 e. The lowest BCUT2D eigenvalue weighted by molar-refractivity contribution is -0.136. The highest BCUT2D eigenvalue weighted by Crippen LogP contribution is 1.98. The van der Waals surface area contributed by atoms with Crippen molar-refractivity contribution >= 4 is 5.97 Å². The maximum Gasteiger partial charge on any atom is 0.303 e. The number of unbranched alkanes of at least 4 members (excludes halogenated alkanes) is 1. The quantitative estimate of drug-likeness (QED) is 0.290. The van der Waals surface area contributed by atoms with E-state index in [1.165, 1.54) is 0 Å². The van der Waals surface area contributed by atoms with Crippen LogP contribution in [-0.4, -0.2) is 11.1 Å². The Bertz CT molecular complexity index is 462. The number of hydrogen-bond acceptors (Lipinski definition) is 1. The van der Waals surface area contributed by atoms with Gasteiger partial charge in [-0.1, -0.05) is 72.9 Å². The molecule has 0 spiro atoms. The summed E-state index contributed by atoms with van der Waals surface area (Å²) in [5, 5.41) is 8.49. The van der Waals surface area contributed by atoms with Gasteiger partial charge in [-0.3, -0.25) is 4.79 Å². The lowest BCUT2D eigenvalue weighted by atomic mass is 10.2. The Morgan fingerprint density at radius 1 is 0.625 bits per heavy atom. The van der Waals surface area contributed by atoms with Gasteiger partial charge in [0.05, 0.1) is 0 Å². The van der Waals surface area contributed by atoms with Crippen molar-refractivity contribution in [3.8, 4) is 0 Å². The van der Waals surface area contributed by atoms with Gasteiger partial charge in [-0.05, 0) is 51.9 Å². The van der Waals surface area contributed by atoms with Gasteiger partial charge in [-0.2, -0.15) is 0 Å². The molecule has 0 aromatic rings. The molecule has 0 aliphatic carbocycles. The summed E-state index contributed by atoms with van der Waals surface area (Å²) in [5.41, 5.74) is 0. The number of carboxylic acid groups (broad SMARTS) is 1. The van der Waals surface area contributed by atoms with Gasteiger partial charge >= 0.3 is 5.97 Å². The molecule has 0 aromatic carbocycles. The highest BCUT2D eigenvalue weighted by molar-refractivity contribution is 5.66. The number of aliphatic carboxylic acids is 1. The van der Waals surface area contributed by atoms with E-state index in [0.29, 0.717) is 6.42 Å². The third-order valence-electron chi connectivity index (χ3n) is 3.18. The SMILES string of the molecule is CC=CCC=CCCC=CCC=CCC=CCC=CCCC(=O)O. The zero-order valence-electron chi connectivity index (χ0n) is 14.9. The Morgan fingerprint density at radius 2 is 1.00 bits per heavy atom. The van der Waals surface area contributed by atoms with E-state index < -0.39 is 5.97 Å². The zero-order chi connectivity index (χ0) is 17.7. The maximum absolute atomic E-state index is 10.3. The zero-order valence-corrected chi connectivity index (χ0v) is 14.9. The molecule has 2 nitrogen and oxygen atoms in total. The summed E-state index contributed by atoms with van der Waals surface area (Å²) in [4.78, 5) is 10.3. The van der Waals surface area contributed by atoms with Crippen LogP contribution in [0.2, 0.25) is 0 Å². The van der Waals surface area contributed by atoms with E-state index in [1.807, 2.05) is 19.1 Å². The third kappa shape index (κ3) is 19.9. The second-order valence-corrected chi connectivity index (χ2v) is 5.38. The van der Waals surface area contributed by atoms with Gasteiger partial charge in [-0.15, -0.1) is 0 Å². The maximum atomic E-state index is 10.3. The molecule has 0 atom stereocenters. The van der Waals surface area contributed by atoms with E-state index in [0.717, 1.165) is 38.5 Å². The van der Waals surface area contributed by atoms with Crippen LogP contribution in [0, 0.1) is 0 Å². The van der Waals surface area contributed by atoms with Crippen molar-refractivity contribution in [2.24, 2.45) is 0 Å². The van der Waals surface area contributed by atoms with E-state index >= 15 is 0 Å². The van der Waals surface area contributed by atoms with Crippen LogP contribution in [0.25, 0.3) is 0 Å². The molecule has 0 rings (SSSR count). The number of rotatable bonds is 14. The molecule has 0 aliphatic rings. The molecule has 0 unspecified atom stereocenters. The normalized spacial score (nSPS) is 13.0. The van der Waals surface area contributed by atoms with Crippen LogP contribution in [0.4, 0.5) is 0 Å². The average molecular weight is 328 g/mol. The van der Waals surface area contributed by atoms with Gasteiger partial charge in [0.2, 0.25) is 0 Å². The average Bonchev–Trinajstić information content (AvgIpc) is 2.56. The van der Waals surface area contributed by atoms with E-state index in [4.69, 9.17) is 5.11 Å². The molecule has 0 radical (unpaired) electrons. The third-order valence-corrected chi connectivity index (χ3v) is 3.18. The van der Waals surface area contributed by atoms with Gasteiger partial charge in [-0.25, -0.2) is 0 Å². The molecule has 0 saturated carbocycles. The van der Waals surface area contributed by atoms with E-state index in [2.05, 4.69) is 60.8 Å². The predicted molar refractivity (Wildman–Crippen MR) is 105 cm³/mol. The fourth-order valence-electron chi connectivity index (χ4n) is 1.88. The molecule has 2 heteroatoms. The van der Waals surface area contributed by atoms with Crippen LogP contribution in [0.15, 0.2) is 72.9 Å². The molecule has 0 amide bonds. The van der Waals surface area contributed by atoms with Crippen LogP contribution in [0.5, 0.6) is 0 Å². The molecule has 0 fully saturated rings. The first-order chi connectivity index (χ1) is 11.8. The second kappa shape index (κ2) is 19.0. The van der Waals surface area contributed by atoms with E-state index in [9.17, 15) is 4.79 Å². The molecule has 1 N–H and O–H groups in total. The number of carbonyl (C=O) groups is 1. The Morgan fingerprint density at radius 3 is 1.42 bits per heavy atom. The van der Waals surface area contributed by atoms with Gasteiger partial charge in [0.15, 0.2) is 0 Å². The number of hydrogen-bond donors (Lipinski definition) is 1. The summed E-state index contributed by atoms with van der Waals surface area (Å²) in [7, 11) is 0. The number of allylic oxidation sites excluding steroid dienone is 12. The summed E-state index contributed by atoms with van der Waals surface area (Å²) < 4.78 is 0. The minimum atomic E-state index is -0.741. The van der Waals surface area contributed by atoms with Crippen LogP contribution in [-0.2, 0) is 4.79 Å². The van der Waals surface area contributed by atoms with Crippen LogP contribution in [0.1, 0.15) is 58.3 Å². The van der Waals surface area contributed by atoms with Crippen molar-refractivity contribution in [3.05, 3.63) is 72.9 Å². The number of carboxylic acids is 1. The van der Waals surface area contributed by atoms with Crippen LogP contribution in [0.3, 0.4) is 0 Å². The molecule has 0 aliphatic heterocycles. The molecular formula is C22H32O2. The van der Waals surface area contributed by atoms with Gasteiger partial charge in [0.1, 0.15) is 0 Å². The minimum absolute atomic E-state index is 0.211. The van der Waals surface area contributed by atoms with Crippen molar-refractivity contribution in [2.45, 2.75) is 58.3 Å². The Hall–Kier alpha value is -2.09. The van der Waals surface area contributed by atoms with Gasteiger partial charge < -0.3 is 5.11 Å². The predicted octanol–water partition coefficient (Wildman–Crippen LogP) is 6.55. The lowest BCUT2D eigenvalue weighted by Crippen LogP contribution is -1.91. The monoisotopic (exact) mass is 328 g/mol. The fraction of sp³-hybridized carbons (Fsp3) is 0.409. The first-order valence-corrected chi connectivity index (χ1v) is 8.85. The van der Waals surface area contributed by atoms with E-state index in [-0.39, 0.29) is 6.42 Å². The standard InChI is InChI=1S/C22H32O2/c1-2-3-4-5-6-7-8-9-10-11-12-13-14-15-16-17-18-19-20-21-22(23)24/h2-3,5-6,9-10,12-13,15-16,18-19H,4,7-8,11,14,17,20-21H2,1H3,(H,23,24). The minimum Gasteiger partial charge on any atom is -0.481 e. The lowest BCUT2D eigenvalue weighted by Gasteiger charge is -1.88. The Labute approximate surface area is 147 Å². The summed E-state index contributed by atoms with van der Waals surface area (Å²) in [6.07, 6.45) is 32.6. The van der Waals surface area contributed by atoms with Crippen molar-refractivity contribution in [3.63, 3.8) is 0 Å². The Balaban J connectivity index is 3.48. The van der Waals surface area contributed by atoms with Crippen molar-refractivity contribution in [1.82, 2.24) is 0 Å². The molecule has 0 heterocycles. The van der Waals surface area contributed by atoms with Crippen molar-refractivity contribution < 1.29 is 9.90 Å². The highest BCUT2D eigenvalue weighted by Gasteiger charge is 1.90. The summed E-state index contributed by atoms with van der Waals surface area (Å²) in [5.74, 6) is -0.741. The molecular weight excluding hydrogens is 296 g/mol. The van der Waals surface area contributed by atoms with Gasteiger partial charge in [0.25, 0.3) is 0 Å². The first kappa shape index (κ1) is 21.9. The van der Waals surface area contributed by atoms with Crippen LogP contribution < -0.4 is 0 Å². The summed E-state index contributed by atoms with van der Waals surface area (Å²) >= 11 is 0. The highest BCUT2D eigenvalue weighted by atomic mass is 16.4. The van der Waals surface area contributed by atoms with Crippen molar-refractivity contribution in [2.75, 3.05) is 0 Å². The summed E-state index contributed by atoms with van der Waals surface area (Å²) in [6.45, 7) is 2.04. The first-order valence-electron chi connectivity index (χ1n) is 8.85. The van der Waals surface area contributed by atoms with Crippen LogP contribution >= 0.6 is 0 Å². The molecule has 0 saturated heterocycles. The molecule has 24 heavy (non-hydrogen) atoms. The van der Waals surface area contributed by atoms with E-state index in [1.54, 1.807) is 0 Å². The van der Waals surface area contributed by atoms with Crippen molar-refractivity contribution in [1.29, 1.82) is 0 Å². The Kier molecular flexibility index (Phi) is 17.3. The fourth-order valence-corrected chi connectivity index (χ4v) is 1.88. The van der Waals surface area contributed by atoms with Gasteiger partial charge in [0, 0.05) is 6.42 Å². The second-order valence-electron chi connectivity index (χ2n) is 5.38. The topological polar surface area (TPSA) is 37.3 Å². The molecule has 0 aromatic heterocycles. The molecule has 132 valence electrons. The summed E-state index contributed by atoms with van der Waals surface area (Å²) in [6, 6.07) is 0.